The average molecular weight is 381 g/mol. The second-order valence-electron chi connectivity index (χ2n) is 6.09. The summed E-state index contributed by atoms with van der Waals surface area (Å²) in [5.74, 6) is 1.73. The Balaban J connectivity index is 1.68. The summed E-state index contributed by atoms with van der Waals surface area (Å²) in [6.45, 7) is 1.32. The molecule has 0 spiro atoms. The van der Waals surface area contributed by atoms with Gasteiger partial charge in [-0.1, -0.05) is 16.8 Å². The minimum Gasteiger partial charge on any atom is -0.493 e. The van der Waals surface area contributed by atoms with Crippen LogP contribution in [0.5, 0.6) is 11.5 Å². The largest absolute Gasteiger partial charge is 0.493 e. The molecule has 1 atom stereocenters. The Morgan fingerprint density at radius 1 is 1.42 bits per heavy atom. The number of hydrogen-bond donors (Lipinski definition) is 1. The topological polar surface area (TPSA) is 104 Å². The van der Waals surface area contributed by atoms with Crippen LogP contribution in [0.1, 0.15) is 18.7 Å². The first-order valence-corrected chi connectivity index (χ1v) is 8.67. The number of amides is 1. The van der Waals surface area contributed by atoms with Gasteiger partial charge in [0, 0.05) is 37.5 Å². The highest BCUT2D eigenvalue weighted by atomic mass is 35.5. The Labute approximate surface area is 156 Å². The number of benzene rings is 1. The van der Waals surface area contributed by atoms with Gasteiger partial charge in [-0.15, -0.1) is 0 Å². The summed E-state index contributed by atoms with van der Waals surface area (Å²) in [6, 6.07) is 3.47. The van der Waals surface area contributed by atoms with Crippen molar-refractivity contribution >= 4 is 17.5 Å². The summed E-state index contributed by atoms with van der Waals surface area (Å²) < 4.78 is 15.7. The molecule has 2 heterocycles. The lowest BCUT2D eigenvalue weighted by Gasteiger charge is -2.14. The van der Waals surface area contributed by atoms with E-state index in [-0.39, 0.29) is 11.9 Å². The number of rotatable bonds is 6. The molecule has 0 saturated carbocycles. The van der Waals surface area contributed by atoms with Crippen LogP contribution in [-0.2, 0) is 11.2 Å². The fraction of sp³-hybridized carbons (Fsp3) is 0.471. The summed E-state index contributed by atoms with van der Waals surface area (Å²) >= 11 is 6.21. The molecule has 8 nitrogen and oxygen atoms in total. The number of carbonyl (C=O) groups excluding carboxylic acids is 1. The molecule has 1 saturated heterocycles. The molecule has 1 aliphatic heterocycles. The SMILES string of the molecule is COc1cc(-c2noc(CCC(=O)N3CC[C@H](N)C3)n2)cc(Cl)c1OC. The van der Waals surface area contributed by atoms with E-state index in [1.807, 2.05) is 0 Å². The highest BCUT2D eigenvalue weighted by Gasteiger charge is 2.24. The summed E-state index contributed by atoms with van der Waals surface area (Å²) in [5, 5.41) is 4.34. The van der Waals surface area contributed by atoms with Crippen LogP contribution in [0.15, 0.2) is 16.7 Å². The van der Waals surface area contributed by atoms with Gasteiger partial charge in [0.1, 0.15) is 0 Å². The predicted molar refractivity (Wildman–Crippen MR) is 95.3 cm³/mol. The zero-order valence-corrected chi connectivity index (χ0v) is 15.5. The number of halogens is 1. The molecule has 0 unspecified atom stereocenters. The molecule has 1 amide bonds. The second-order valence-corrected chi connectivity index (χ2v) is 6.50. The maximum Gasteiger partial charge on any atom is 0.227 e. The van der Waals surface area contributed by atoms with E-state index in [0.717, 1.165) is 6.42 Å². The quantitative estimate of drug-likeness (QED) is 0.816. The highest BCUT2D eigenvalue weighted by molar-refractivity contribution is 6.32. The number of nitrogens with two attached hydrogens (primary N) is 1. The number of ether oxygens (including phenoxy) is 2. The van der Waals surface area contributed by atoms with Gasteiger partial charge in [0.2, 0.25) is 17.6 Å². The molecule has 2 aromatic rings. The van der Waals surface area contributed by atoms with Crippen molar-refractivity contribution in [3.63, 3.8) is 0 Å². The lowest BCUT2D eigenvalue weighted by atomic mass is 10.2. The van der Waals surface area contributed by atoms with Crippen molar-refractivity contribution < 1.29 is 18.8 Å². The molecule has 1 aliphatic rings. The van der Waals surface area contributed by atoms with E-state index in [4.69, 9.17) is 31.3 Å². The maximum absolute atomic E-state index is 12.2. The molecular weight excluding hydrogens is 360 g/mol. The number of likely N-dealkylation sites (tertiary alicyclic amines) is 1. The smallest absolute Gasteiger partial charge is 0.227 e. The van der Waals surface area contributed by atoms with Gasteiger partial charge in [-0.05, 0) is 18.6 Å². The van der Waals surface area contributed by atoms with Crippen molar-refractivity contribution in [1.29, 1.82) is 0 Å². The van der Waals surface area contributed by atoms with Crippen LogP contribution < -0.4 is 15.2 Å². The molecule has 3 rings (SSSR count). The molecular formula is C17H21ClN4O4. The second kappa shape index (κ2) is 7.92. The van der Waals surface area contributed by atoms with Crippen molar-refractivity contribution in [2.75, 3.05) is 27.3 Å². The summed E-state index contributed by atoms with van der Waals surface area (Å²) in [5.41, 5.74) is 6.47. The predicted octanol–water partition coefficient (Wildman–Crippen LogP) is 1.90. The third kappa shape index (κ3) is 3.91. The fourth-order valence-corrected chi connectivity index (χ4v) is 3.19. The molecule has 0 aliphatic carbocycles. The van der Waals surface area contributed by atoms with Crippen molar-refractivity contribution in [3.8, 4) is 22.9 Å². The van der Waals surface area contributed by atoms with E-state index in [0.29, 0.717) is 59.7 Å². The van der Waals surface area contributed by atoms with Gasteiger partial charge in [-0.3, -0.25) is 4.79 Å². The van der Waals surface area contributed by atoms with Gasteiger partial charge in [-0.2, -0.15) is 4.98 Å². The summed E-state index contributed by atoms with van der Waals surface area (Å²) in [4.78, 5) is 18.3. The minimum absolute atomic E-state index is 0.0480. The zero-order chi connectivity index (χ0) is 18.7. The minimum atomic E-state index is 0.0480. The molecule has 1 fully saturated rings. The number of nitrogens with zero attached hydrogens (tertiary/aromatic N) is 3. The van der Waals surface area contributed by atoms with E-state index in [1.165, 1.54) is 14.2 Å². The molecule has 0 radical (unpaired) electrons. The van der Waals surface area contributed by atoms with Gasteiger partial charge in [0.05, 0.1) is 19.2 Å². The van der Waals surface area contributed by atoms with Gasteiger partial charge < -0.3 is 24.6 Å². The van der Waals surface area contributed by atoms with E-state index in [9.17, 15) is 4.79 Å². The van der Waals surface area contributed by atoms with Crippen molar-refractivity contribution in [1.82, 2.24) is 15.0 Å². The van der Waals surface area contributed by atoms with Crippen LogP contribution in [0.4, 0.5) is 0 Å². The van der Waals surface area contributed by atoms with Crippen LogP contribution in [0, 0.1) is 0 Å². The Morgan fingerprint density at radius 3 is 2.88 bits per heavy atom. The lowest BCUT2D eigenvalue weighted by molar-refractivity contribution is -0.130. The van der Waals surface area contributed by atoms with Gasteiger partial charge in [0.15, 0.2) is 11.5 Å². The number of aromatic nitrogens is 2. The Kier molecular flexibility index (Phi) is 5.63. The standard InChI is InChI=1S/C17H21ClN4O4/c1-24-13-8-10(7-12(18)16(13)25-2)17-20-14(26-21-17)3-4-15(23)22-6-5-11(19)9-22/h7-8,11H,3-6,9,19H2,1-2H3/t11-/m0/s1. The fourth-order valence-electron chi connectivity index (χ4n) is 2.91. The summed E-state index contributed by atoms with van der Waals surface area (Å²) in [7, 11) is 3.04. The van der Waals surface area contributed by atoms with Crippen molar-refractivity contribution in [2.45, 2.75) is 25.3 Å². The molecule has 0 bridgehead atoms. The van der Waals surface area contributed by atoms with Crippen LogP contribution in [0.25, 0.3) is 11.4 Å². The van der Waals surface area contributed by atoms with Gasteiger partial charge >= 0.3 is 0 Å². The van der Waals surface area contributed by atoms with Crippen LogP contribution in [0.2, 0.25) is 5.02 Å². The van der Waals surface area contributed by atoms with E-state index >= 15 is 0 Å². The first-order valence-electron chi connectivity index (χ1n) is 8.29. The van der Waals surface area contributed by atoms with Gasteiger partial charge in [0.25, 0.3) is 0 Å². The number of hydrogen-bond acceptors (Lipinski definition) is 7. The molecule has 26 heavy (non-hydrogen) atoms. The zero-order valence-electron chi connectivity index (χ0n) is 14.7. The molecule has 9 heteroatoms. The van der Waals surface area contributed by atoms with Gasteiger partial charge in [-0.25, -0.2) is 0 Å². The van der Waals surface area contributed by atoms with Crippen LogP contribution in [-0.4, -0.2) is 54.3 Å². The van der Waals surface area contributed by atoms with Crippen molar-refractivity contribution in [2.24, 2.45) is 5.73 Å². The molecule has 1 aromatic heterocycles. The average Bonchev–Trinajstić information content (AvgIpc) is 3.28. The Hall–Kier alpha value is -2.32. The Morgan fingerprint density at radius 2 is 2.23 bits per heavy atom. The number of methoxy groups -OCH3 is 2. The maximum atomic E-state index is 12.2. The number of carbonyl (C=O) groups is 1. The van der Waals surface area contributed by atoms with E-state index in [2.05, 4.69) is 10.1 Å². The molecule has 2 N–H and O–H groups in total. The van der Waals surface area contributed by atoms with Crippen LogP contribution >= 0.6 is 11.6 Å². The first-order chi connectivity index (χ1) is 12.5. The Bertz CT molecular complexity index is 795. The monoisotopic (exact) mass is 380 g/mol. The van der Waals surface area contributed by atoms with E-state index < -0.39 is 0 Å². The summed E-state index contributed by atoms with van der Waals surface area (Å²) in [6.07, 6.45) is 1.52. The molecule has 140 valence electrons. The molecule has 1 aromatic carbocycles. The van der Waals surface area contributed by atoms with Crippen LogP contribution in [0.3, 0.4) is 0 Å². The van der Waals surface area contributed by atoms with Crippen molar-refractivity contribution in [3.05, 3.63) is 23.0 Å². The third-order valence-corrected chi connectivity index (χ3v) is 4.57. The number of aryl methyl sites for hydroxylation is 1. The first kappa shape index (κ1) is 18.5. The lowest BCUT2D eigenvalue weighted by Crippen LogP contribution is -2.31. The highest BCUT2D eigenvalue weighted by Crippen LogP contribution is 2.38. The third-order valence-electron chi connectivity index (χ3n) is 4.29. The normalized spacial score (nSPS) is 16.8. The van der Waals surface area contributed by atoms with E-state index in [1.54, 1.807) is 17.0 Å².